The van der Waals surface area contributed by atoms with E-state index in [1.54, 1.807) is 38.3 Å². The molecular formula is C16H18N2O4S. The van der Waals surface area contributed by atoms with Crippen molar-refractivity contribution in [2.75, 3.05) is 14.2 Å². The molecule has 1 amide bonds. The van der Waals surface area contributed by atoms with Gasteiger partial charge in [-0.15, -0.1) is 0 Å². The summed E-state index contributed by atoms with van der Waals surface area (Å²) in [6.45, 7) is 3.13. The molecule has 0 saturated carbocycles. The molecule has 1 heterocycles. The largest absolute Gasteiger partial charge is 0.497 e. The van der Waals surface area contributed by atoms with Gasteiger partial charge in [0, 0.05) is 12.6 Å². The molecule has 1 aliphatic heterocycles. The molecule has 122 valence electrons. The fraction of sp³-hybridized carbons (Fsp3) is 0.312. The van der Waals surface area contributed by atoms with Crippen LogP contribution in [0.3, 0.4) is 0 Å². The van der Waals surface area contributed by atoms with Crippen molar-refractivity contribution in [3.8, 4) is 5.75 Å². The number of nitrogens with one attached hydrogen (secondary N) is 1. The van der Waals surface area contributed by atoms with Crippen LogP contribution in [0.2, 0.25) is 0 Å². The zero-order chi connectivity index (χ0) is 17.1. The van der Waals surface area contributed by atoms with Gasteiger partial charge in [-0.3, -0.25) is 9.69 Å². The molecule has 6 nitrogen and oxygen atoms in total. The molecule has 0 spiro atoms. The Bertz CT molecular complexity index is 682. The highest BCUT2D eigenvalue weighted by atomic mass is 32.1. The van der Waals surface area contributed by atoms with Gasteiger partial charge < -0.3 is 14.8 Å². The summed E-state index contributed by atoms with van der Waals surface area (Å²) in [5.74, 6) is -0.0956. The number of carbonyl (C=O) groups excluding carboxylic acids is 2. The van der Waals surface area contributed by atoms with Crippen LogP contribution in [0.25, 0.3) is 0 Å². The van der Waals surface area contributed by atoms with Gasteiger partial charge in [0.1, 0.15) is 5.75 Å². The van der Waals surface area contributed by atoms with E-state index in [4.69, 9.17) is 21.7 Å². The summed E-state index contributed by atoms with van der Waals surface area (Å²) in [4.78, 5) is 25.7. The Morgan fingerprint density at radius 3 is 2.30 bits per heavy atom. The molecule has 1 N–H and O–H groups in total. The van der Waals surface area contributed by atoms with Crippen molar-refractivity contribution in [1.29, 1.82) is 0 Å². The molecule has 0 radical (unpaired) electrons. The molecule has 0 fully saturated rings. The van der Waals surface area contributed by atoms with Crippen LogP contribution in [-0.4, -0.2) is 36.1 Å². The Hall–Kier alpha value is -2.41. The molecule has 1 aromatic rings. The number of methoxy groups -OCH3 is 2. The number of esters is 1. The van der Waals surface area contributed by atoms with Crippen LogP contribution in [0.4, 0.5) is 0 Å². The summed E-state index contributed by atoms with van der Waals surface area (Å²) in [5, 5.41) is 3.14. The van der Waals surface area contributed by atoms with Crippen LogP contribution in [0.5, 0.6) is 5.75 Å². The maximum atomic E-state index is 12.2. The van der Waals surface area contributed by atoms with Crippen molar-refractivity contribution in [2.45, 2.75) is 19.9 Å². The van der Waals surface area contributed by atoms with Gasteiger partial charge in [0.25, 0.3) is 0 Å². The normalized spacial score (nSPS) is 17.7. The van der Waals surface area contributed by atoms with Crippen molar-refractivity contribution in [1.82, 2.24) is 10.2 Å². The maximum absolute atomic E-state index is 12.2. The topological polar surface area (TPSA) is 67.9 Å². The highest BCUT2D eigenvalue weighted by molar-refractivity contribution is 7.80. The van der Waals surface area contributed by atoms with Gasteiger partial charge in [-0.1, -0.05) is 12.1 Å². The number of benzene rings is 1. The number of hydrogen-bond acceptors (Lipinski definition) is 5. The number of ether oxygens (including phenoxy) is 2. The average Bonchev–Trinajstić information content (AvgIpc) is 2.53. The Morgan fingerprint density at radius 2 is 1.83 bits per heavy atom. The molecule has 1 unspecified atom stereocenters. The third-order valence-electron chi connectivity index (χ3n) is 3.62. The Labute approximate surface area is 140 Å². The maximum Gasteiger partial charge on any atom is 0.337 e. The lowest BCUT2D eigenvalue weighted by atomic mass is 9.94. The first kappa shape index (κ1) is 17.0. The smallest absolute Gasteiger partial charge is 0.337 e. The minimum Gasteiger partial charge on any atom is -0.497 e. The van der Waals surface area contributed by atoms with Gasteiger partial charge in [-0.05, 0) is 36.8 Å². The van der Waals surface area contributed by atoms with Crippen LogP contribution >= 0.6 is 12.2 Å². The zero-order valence-electron chi connectivity index (χ0n) is 13.4. The van der Waals surface area contributed by atoms with Crippen molar-refractivity contribution in [2.24, 2.45) is 0 Å². The third-order valence-corrected chi connectivity index (χ3v) is 3.92. The lowest BCUT2D eigenvalue weighted by molar-refractivity contribution is -0.137. The second-order valence-corrected chi connectivity index (χ2v) is 5.41. The van der Waals surface area contributed by atoms with E-state index >= 15 is 0 Å². The summed E-state index contributed by atoms with van der Waals surface area (Å²) in [6.07, 6.45) is 0. The summed E-state index contributed by atoms with van der Waals surface area (Å²) < 4.78 is 10.0. The minimum absolute atomic E-state index is 0.253. The van der Waals surface area contributed by atoms with E-state index in [2.05, 4.69) is 5.32 Å². The van der Waals surface area contributed by atoms with Gasteiger partial charge >= 0.3 is 5.97 Å². The molecule has 0 bridgehead atoms. The van der Waals surface area contributed by atoms with Gasteiger partial charge in [0.2, 0.25) is 5.91 Å². The minimum atomic E-state index is -0.639. The highest BCUT2D eigenvalue weighted by Crippen LogP contribution is 2.35. The second-order valence-electron chi connectivity index (χ2n) is 5.03. The first-order chi connectivity index (χ1) is 10.9. The number of nitrogens with zero attached hydrogens (tertiary/aromatic N) is 1. The number of rotatable bonds is 3. The van der Waals surface area contributed by atoms with E-state index in [1.165, 1.54) is 18.9 Å². The Balaban J connectivity index is 2.61. The molecule has 7 heteroatoms. The molecule has 2 rings (SSSR count). The van der Waals surface area contributed by atoms with Crippen LogP contribution in [0.15, 0.2) is 35.5 Å². The summed E-state index contributed by atoms with van der Waals surface area (Å²) in [7, 11) is 2.87. The third kappa shape index (κ3) is 3.19. The SMILES string of the molecule is COC(=O)C1=C(C)NC(=S)N(C(C)=O)C1c1ccc(OC)cc1. The van der Waals surface area contributed by atoms with Crippen molar-refractivity contribution in [3.63, 3.8) is 0 Å². The van der Waals surface area contributed by atoms with Crippen LogP contribution in [0, 0.1) is 0 Å². The first-order valence-electron chi connectivity index (χ1n) is 6.94. The van der Waals surface area contributed by atoms with Gasteiger partial charge in [0.15, 0.2) is 5.11 Å². The lowest BCUT2D eigenvalue weighted by Crippen LogP contribution is -2.50. The van der Waals surface area contributed by atoms with E-state index in [1.807, 2.05) is 0 Å². The van der Waals surface area contributed by atoms with Crippen LogP contribution in [0.1, 0.15) is 25.5 Å². The number of carbonyl (C=O) groups is 2. The molecule has 1 aliphatic rings. The van der Waals surface area contributed by atoms with E-state index in [-0.39, 0.29) is 11.0 Å². The standard InChI is InChI=1S/C16H18N2O4S/c1-9-13(15(20)22-4)14(18(10(2)19)16(23)17-9)11-5-7-12(21-3)8-6-11/h5-8,14H,1-4H3,(H,17,23). The lowest BCUT2D eigenvalue weighted by Gasteiger charge is -2.37. The predicted octanol–water partition coefficient (Wildman–Crippen LogP) is 1.92. The predicted molar refractivity (Wildman–Crippen MR) is 88.7 cm³/mol. The Morgan fingerprint density at radius 1 is 1.22 bits per heavy atom. The highest BCUT2D eigenvalue weighted by Gasteiger charge is 2.38. The molecule has 0 aromatic heterocycles. The van der Waals surface area contributed by atoms with E-state index in [0.29, 0.717) is 17.0 Å². The quantitative estimate of drug-likeness (QED) is 0.673. The molecule has 1 atom stereocenters. The van der Waals surface area contributed by atoms with Crippen LogP contribution in [-0.2, 0) is 14.3 Å². The molecule has 0 saturated heterocycles. The number of thiocarbonyl (C=S) groups is 1. The summed E-state index contributed by atoms with van der Waals surface area (Å²) in [5.41, 5.74) is 1.66. The van der Waals surface area contributed by atoms with E-state index in [9.17, 15) is 9.59 Å². The van der Waals surface area contributed by atoms with Gasteiger partial charge in [-0.25, -0.2) is 4.79 Å². The first-order valence-corrected chi connectivity index (χ1v) is 7.35. The fourth-order valence-electron chi connectivity index (χ4n) is 2.54. The molecule has 23 heavy (non-hydrogen) atoms. The molecular weight excluding hydrogens is 316 g/mol. The second kappa shape index (κ2) is 6.78. The average molecular weight is 334 g/mol. The van der Waals surface area contributed by atoms with E-state index < -0.39 is 12.0 Å². The number of allylic oxidation sites excluding steroid dienone is 1. The number of hydrogen-bond donors (Lipinski definition) is 1. The Kier molecular flexibility index (Phi) is 5.00. The van der Waals surface area contributed by atoms with Crippen molar-refractivity contribution in [3.05, 3.63) is 41.1 Å². The summed E-state index contributed by atoms with van der Waals surface area (Å²) in [6, 6.07) is 6.48. The van der Waals surface area contributed by atoms with Gasteiger partial charge in [0.05, 0.1) is 25.8 Å². The molecule has 0 aliphatic carbocycles. The molecule has 1 aromatic carbocycles. The van der Waals surface area contributed by atoms with Crippen molar-refractivity contribution >= 4 is 29.2 Å². The van der Waals surface area contributed by atoms with Crippen LogP contribution < -0.4 is 10.1 Å². The number of amides is 1. The fourth-order valence-corrected chi connectivity index (χ4v) is 2.93. The van der Waals surface area contributed by atoms with E-state index in [0.717, 1.165) is 5.56 Å². The summed E-state index contributed by atoms with van der Waals surface area (Å²) >= 11 is 5.26. The zero-order valence-corrected chi connectivity index (χ0v) is 14.2. The monoisotopic (exact) mass is 334 g/mol. The van der Waals surface area contributed by atoms with Gasteiger partial charge in [-0.2, -0.15) is 0 Å². The van der Waals surface area contributed by atoms with Crippen molar-refractivity contribution < 1.29 is 19.1 Å².